The van der Waals surface area contributed by atoms with Crippen molar-refractivity contribution in [2.75, 3.05) is 26.4 Å². The Morgan fingerprint density at radius 3 is 1.67 bits per heavy atom. The molecule has 0 saturated carbocycles. The maximum absolute atomic E-state index is 12.5. The van der Waals surface area contributed by atoms with Gasteiger partial charge in [0.15, 0.2) is 6.10 Å². The van der Waals surface area contributed by atoms with Crippen LogP contribution in [0.3, 0.4) is 0 Å². The summed E-state index contributed by atoms with van der Waals surface area (Å²) in [5.41, 5.74) is 0. The van der Waals surface area contributed by atoms with E-state index >= 15 is 0 Å². The molecular weight excluding hydrogens is 599 g/mol. The number of rotatable bonds is 33. The lowest BCUT2D eigenvalue weighted by molar-refractivity contribution is -0.161. The number of allylic oxidation sites excluding steroid dienone is 2. The molecule has 3 atom stereocenters. The molecule has 0 rings (SSSR count). The number of hydrogen-bond donors (Lipinski definition) is 3. The molecule has 1 unspecified atom stereocenters. The Morgan fingerprint density at radius 2 is 1.11 bits per heavy atom. The molecule has 0 aromatic rings. The number of phosphoric acid groups is 1. The molecule has 266 valence electrons. The van der Waals surface area contributed by atoms with Gasteiger partial charge in [-0.05, 0) is 32.1 Å². The fourth-order valence-electron chi connectivity index (χ4n) is 4.62. The molecule has 0 aromatic carbocycles. The quantitative estimate of drug-likeness (QED) is 0.0272. The van der Waals surface area contributed by atoms with Gasteiger partial charge < -0.3 is 24.6 Å². The Hall–Kier alpha value is -1.29. The number of phosphoric ester groups is 1. The molecule has 3 N–H and O–H groups in total. The number of ether oxygens (including phenoxy) is 2. The van der Waals surface area contributed by atoms with Crippen LogP contribution in [0.25, 0.3) is 0 Å². The van der Waals surface area contributed by atoms with Gasteiger partial charge >= 0.3 is 19.8 Å². The van der Waals surface area contributed by atoms with Gasteiger partial charge in [0.2, 0.25) is 0 Å². The summed E-state index contributed by atoms with van der Waals surface area (Å²) in [6.45, 7) is 2.30. The summed E-state index contributed by atoms with van der Waals surface area (Å²) in [4.78, 5) is 34.6. The van der Waals surface area contributed by atoms with Crippen LogP contribution >= 0.6 is 7.82 Å². The van der Waals surface area contributed by atoms with Gasteiger partial charge in [-0.25, -0.2) is 4.57 Å². The van der Waals surface area contributed by atoms with Crippen LogP contribution in [0.2, 0.25) is 0 Å². The lowest BCUT2D eigenvalue weighted by atomic mass is 10.1. The van der Waals surface area contributed by atoms with Crippen LogP contribution in [0, 0.1) is 0 Å². The third-order valence-corrected chi connectivity index (χ3v) is 8.37. The number of carbonyl (C=O) groups is 2. The van der Waals surface area contributed by atoms with E-state index in [1.165, 1.54) is 57.8 Å². The molecule has 45 heavy (non-hydrogen) atoms. The molecule has 10 nitrogen and oxygen atoms in total. The van der Waals surface area contributed by atoms with Crippen LogP contribution < -0.4 is 0 Å². The van der Waals surface area contributed by atoms with Crippen molar-refractivity contribution in [3.05, 3.63) is 12.2 Å². The average Bonchev–Trinajstić information content (AvgIpc) is 3.02. The zero-order valence-electron chi connectivity index (χ0n) is 28.3. The molecule has 0 fully saturated rings. The Bertz CT molecular complexity index is 776. The van der Waals surface area contributed by atoms with Crippen LogP contribution in [-0.2, 0) is 32.7 Å². The van der Waals surface area contributed by atoms with E-state index in [-0.39, 0.29) is 19.4 Å². The van der Waals surface area contributed by atoms with Gasteiger partial charge in [-0.3, -0.25) is 18.6 Å². The zero-order chi connectivity index (χ0) is 33.4. The van der Waals surface area contributed by atoms with E-state index in [1.807, 2.05) is 0 Å². The summed E-state index contributed by atoms with van der Waals surface area (Å²) in [7, 11) is -4.60. The average molecular weight is 665 g/mol. The SMILES string of the molecule is CCCC/C=C\CCCCCCCC(=O)OC[C@H](COP(=O)(O)OC[C@@H](O)CO)OC(=O)CCCCCCCCCCCCC. The molecule has 0 amide bonds. The summed E-state index contributed by atoms with van der Waals surface area (Å²) in [6.07, 6.45) is 24.7. The number of aliphatic hydroxyl groups excluding tert-OH is 2. The predicted octanol–water partition coefficient (Wildman–Crippen LogP) is 8.11. The smallest absolute Gasteiger partial charge is 0.462 e. The number of aliphatic hydroxyl groups is 2. The Morgan fingerprint density at radius 1 is 0.644 bits per heavy atom. The van der Waals surface area contributed by atoms with E-state index in [9.17, 15) is 24.2 Å². The Balaban J connectivity index is 4.42. The van der Waals surface area contributed by atoms with Crippen molar-refractivity contribution in [3.8, 4) is 0 Å². The van der Waals surface area contributed by atoms with Crippen molar-refractivity contribution < 1.29 is 47.8 Å². The maximum Gasteiger partial charge on any atom is 0.472 e. The van der Waals surface area contributed by atoms with Crippen LogP contribution in [0.1, 0.15) is 155 Å². The first kappa shape index (κ1) is 43.7. The van der Waals surface area contributed by atoms with Gasteiger partial charge in [-0.2, -0.15) is 0 Å². The lowest BCUT2D eigenvalue weighted by Crippen LogP contribution is -2.29. The fourth-order valence-corrected chi connectivity index (χ4v) is 5.41. The summed E-state index contributed by atoms with van der Waals surface area (Å²) < 4.78 is 32.4. The second kappa shape index (κ2) is 31.3. The van der Waals surface area contributed by atoms with Crippen molar-refractivity contribution >= 4 is 19.8 Å². The highest BCUT2D eigenvalue weighted by Gasteiger charge is 2.27. The lowest BCUT2D eigenvalue weighted by Gasteiger charge is -2.20. The second-order valence-corrected chi connectivity index (χ2v) is 13.4. The van der Waals surface area contributed by atoms with Crippen LogP contribution in [0.5, 0.6) is 0 Å². The molecule has 0 aromatic heterocycles. The highest BCUT2D eigenvalue weighted by Crippen LogP contribution is 2.43. The third-order valence-electron chi connectivity index (χ3n) is 7.42. The number of esters is 2. The highest BCUT2D eigenvalue weighted by atomic mass is 31.2. The summed E-state index contributed by atoms with van der Waals surface area (Å²) >= 11 is 0. The zero-order valence-corrected chi connectivity index (χ0v) is 29.2. The van der Waals surface area contributed by atoms with E-state index < -0.39 is 51.8 Å². The van der Waals surface area contributed by atoms with E-state index in [4.69, 9.17) is 19.1 Å². The number of hydrogen-bond acceptors (Lipinski definition) is 9. The molecule has 0 aliphatic carbocycles. The Labute approximate surface area is 273 Å². The molecule has 0 aliphatic heterocycles. The van der Waals surface area contributed by atoms with Crippen LogP contribution in [-0.4, -0.2) is 65.7 Å². The van der Waals surface area contributed by atoms with Gasteiger partial charge in [-0.1, -0.05) is 122 Å². The minimum Gasteiger partial charge on any atom is -0.462 e. The number of unbranched alkanes of at least 4 members (excludes halogenated alkanes) is 17. The summed E-state index contributed by atoms with van der Waals surface area (Å²) in [5.74, 6) is -0.935. The maximum atomic E-state index is 12.5. The largest absolute Gasteiger partial charge is 0.472 e. The van der Waals surface area contributed by atoms with E-state index in [0.717, 1.165) is 57.8 Å². The van der Waals surface area contributed by atoms with Gasteiger partial charge in [0, 0.05) is 12.8 Å². The van der Waals surface area contributed by atoms with E-state index in [1.54, 1.807) is 0 Å². The van der Waals surface area contributed by atoms with E-state index in [0.29, 0.717) is 12.8 Å². The van der Waals surface area contributed by atoms with Crippen molar-refractivity contribution in [2.45, 2.75) is 167 Å². The minimum absolute atomic E-state index is 0.186. The summed E-state index contributed by atoms with van der Waals surface area (Å²) in [5, 5.41) is 18.2. The molecule has 0 heterocycles. The highest BCUT2D eigenvalue weighted by molar-refractivity contribution is 7.47. The minimum atomic E-state index is -4.60. The Kier molecular flexibility index (Phi) is 30.4. The summed E-state index contributed by atoms with van der Waals surface area (Å²) in [6, 6.07) is 0. The topological polar surface area (TPSA) is 149 Å². The van der Waals surface area contributed by atoms with Gasteiger partial charge in [0.1, 0.15) is 12.7 Å². The first-order valence-electron chi connectivity index (χ1n) is 17.6. The van der Waals surface area contributed by atoms with Crippen molar-refractivity contribution in [3.63, 3.8) is 0 Å². The molecule has 0 spiro atoms. The standard InChI is InChI=1S/C34H65O10P/c1-3-5-7-9-11-13-15-17-19-21-23-25-33(37)41-29-32(30-43-45(39,40)42-28-31(36)27-35)44-34(38)26-24-22-20-18-16-14-12-10-8-6-4-2/h9,11,31-32,35-36H,3-8,10,12-30H2,1-2H3,(H,39,40)/b11-9-/t31-,32+/m0/s1. The molecule has 0 saturated heterocycles. The predicted molar refractivity (Wildman–Crippen MR) is 178 cm³/mol. The monoisotopic (exact) mass is 664 g/mol. The van der Waals surface area contributed by atoms with Crippen LogP contribution in [0.4, 0.5) is 0 Å². The first-order chi connectivity index (χ1) is 21.7. The van der Waals surface area contributed by atoms with E-state index in [2.05, 4.69) is 30.5 Å². The number of carbonyl (C=O) groups excluding carboxylic acids is 2. The van der Waals surface area contributed by atoms with Crippen molar-refractivity contribution in [2.24, 2.45) is 0 Å². The molecule has 0 radical (unpaired) electrons. The third kappa shape index (κ3) is 31.1. The first-order valence-corrected chi connectivity index (χ1v) is 19.1. The van der Waals surface area contributed by atoms with Gasteiger partial charge in [0.05, 0.1) is 19.8 Å². The molecule has 11 heteroatoms. The molecular formula is C34H65O10P. The van der Waals surface area contributed by atoms with Gasteiger partial charge in [0.25, 0.3) is 0 Å². The fraction of sp³-hybridized carbons (Fsp3) is 0.882. The molecule has 0 bridgehead atoms. The van der Waals surface area contributed by atoms with Crippen molar-refractivity contribution in [1.29, 1.82) is 0 Å². The normalized spacial score (nSPS) is 14.3. The van der Waals surface area contributed by atoms with Gasteiger partial charge in [-0.15, -0.1) is 0 Å². The van der Waals surface area contributed by atoms with Crippen molar-refractivity contribution in [1.82, 2.24) is 0 Å². The second-order valence-electron chi connectivity index (χ2n) is 11.9. The van der Waals surface area contributed by atoms with Crippen LogP contribution in [0.15, 0.2) is 12.2 Å². The molecule has 0 aliphatic rings.